The maximum Gasteiger partial charge on any atom is 0.328 e. The van der Waals surface area contributed by atoms with E-state index in [1.54, 1.807) is 18.2 Å². The second-order valence-corrected chi connectivity index (χ2v) is 8.87. The number of fused-ring (bicyclic) bond motifs is 1. The first kappa shape index (κ1) is 23.3. The number of halogens is 1. The van der Waals surface area contributed by atoms with E-state index in [1.165, 1.54) is 4.68 Å². The maximum absolute atomic E-state index is 13.2. The van der Waals surface area contributed by atoms with Gasteiger partial charge in [0.05, 0.1) is 5.52 Å². The van der Waals surface area contributed by atoms with Crippen LogP contribution in [0.2, 0.25) is 0 Å². The fourth-order valence-corrected chi connectivity index (χ4v) is 4.00. The molecule has 0 radical (unpaired) electrons. The summed E-state index contributed by atoms with van der Waals surface area (Å²) in [5, 5.41) is 6.22. The molecule has 3 amide bonds. The Labute approximate surface area is 205 Å². The second kappa shape index (κ2) is 9.93. The van der Waals surface area contributed by atoms with Gasteiger partial charge >= 0.3 is 11.8 Å². The standard InChI is InChI=1S/C26H23BrN4O3/c1-16-8-10-21(17(2)12-16)29-24(32)23-14-19-13-20(27)9-11-22(19)31(23)30-26(34)25(33)28-15-18-6-4-3-5-7-18/h3-14H,15H2,1-2H3,(H,28,33)(H,29,32)(H,30,34). The highest BCUT2D eigenvalue weighted by atomic mass is 79.9. The van der Waals surface area contributed by atoms with E-state index < -0.39 is 17.7 Å². The van der Waals surface area contributed by atoms with Crippen molar-refractivity contribution < 1.29 is 14.4 Å². The molecule has 0 spiro atoms. The van der Waals surface area contributed by atoms with Crippen molar-refractivity contribution in [3.63, 3.8) is 0 Å². The Balaban J connectivity index is 1.59. The van der Waals surface area contributed by atoms with Gasteiger partial charge < -0.3 is 10.6 Å². The van der Waals surface area contributed by atoms with E-state index in [1.807, 2.05) is 68.4 Å². The van der Waals surface area contributed by atoms with Crippen LogP contribution in [-0.4, -0.2) is 22.4 Å². The molecule has 1 heterocycles. The molecule has 0 aliphatic carbocycles. The molecule has 0 aliphatic rings. The number of nitrogens with zero attached hydrogens (tertiary/aromatic N) is 1. The number of carbonyl (C=O) groups is 3. The lowest BCUT2D eigenvalue weighted by atomic mass is 10.1. The summed E-state index contributed by atoms with van der Waals surface area (Å²) in [5.41, 5.74) is 6.88. The van der Waals surface area contributed by atoms with Crippen LogP contribution in [0, 0.1) is 13.8 Å². The van der Waals surface area contributed by atoms with Crippen molar-refractivity contribution in [2.24, 2.45) is 0 Å². The molecule has 1 aromatic heterocycles. The highest BCUT2D eigenvalue weighted by Gasteiger charge is 2.21. The molecule has 3 aromatic carbocycles. The summed E-state index contributed by atoms with van der Waals surface area (Å²) in [6.45, 7) is 4.10. The highest BCUT2D eigenvalue weighted by Crippen LogP contribution is 2.24. The van der Waals surface area contributed by atoms with Gasteiger partial charge in [0.25, 0.3) is 5.91 Å². The minimum atomic E-state index is -0.878. The number of carbonyl (C=O) groups excluding carboxylic acids is 3. The van der Waals surface area contributed by atoms with Crippen LogP contribution in [0.25, 0.3) is 10.9 Å². The van der Waals surface area contributed by atoms with E-state index in [0.29, 0.717) is 11.2 Å². The lowest BCUT2D eigenvalue weighted by Crippen LogP contribution is -2.39. The van der Waals surface area contributed by atoms with Gasteiger partial charge in [-0.05, 0) is 55.3 Å². The number of rotatable bonds is 5. The normalized spacial score (nSPS) is 10.7. The summed E-state index contributed by atoms with van der Waals surface area (Å²) < 4.78 is 2.16. The van der Waals surface area contributed by atoms with Gasteiger partial charge in [-0.1, -0.05) is 64.0 Å². The van der Waals surface area contributed by atoms with Crippen LogP contribution < -0.4 is 16.1 Å². The first-order valence-electron chi connectivity index (χ1n) is 10.6. The predicted molar refractivity (Wildman–Crippen MR) is 136 cm³/mol. The molecule has 8 heteroatoms. The van der Waals surface area contributed by atoms with Crippen molar-refractivity contribution in [3.8, 4) is 0 Å². The van der Waals surface area contributed by atoms with Gasteiger partial charge in [-0.25, -0.2) is 4.68 Å². The number of amides is 3. The van der Waals surface area contributed by atoms with Crippen molar-refractivity contribution in [2.45, 2.75) is 20.4 Å². The molecular formula is C26H23BrN4O3. The highest BCUT2D eigenvalue weighted by molar-refractivity contribution is 9.10. The molecule has 4 rings (SSSR count). The second-order valence-electron chi connectivity index (χ2n) is 7.95. The zero-order chi connectivity index (χ0) is 24.2. The summed E-state index contributed by atoms with van der Waals surface area (Å²) in [6.07, 6.45) is 0. The SMILES string of the molecule is Cc1ccc(NC(=O)c2cc3cc(Br)ccc3n2NC(=O)C(=O)NCc2ccccc2)c(C)c1. The molecule has 7 nitrogen and oxygen atoms in total. The Morgan fingerprint density at radius 3 is 2.38 bits per heavy atom. The number of hydrogen-bond acceptors (Lipinski definition) is 3. The van der Waals surface area contributed by atoms with Crippen molar-refractivity contribution in [3.05, 3.63) is 99.7 Å². The fourth-order valence-electron chi connectivity index (χ4n) is 3.62. The van der Waals surface area contributed by atoms with Crippen molar-refractivity contribution in [1.82, 2.24) is 9.99 Å². The van der Waals surface area contributed by atoms with Crippen molar-refractivity contribution in [1.29, 1.82) is 0 Å². The number of aromatic nitrogens is 1. The molecular weight excluding hydrogens is 496 g/mol. The van der Waals surface area contributed by atoms with E-state index in [-0.39, 0.29) is 12.2 Å². The van der Waals surface area contributed by atoms with E-state index in [2.05, 4.69) is 32.0 Å². The number of hydrogen-bond donors (Lipinski definition) is 3. The zero-order valence-electron chi connectivity index (χ0n) is 18.7. The van der Waals surface area contributed by atoms with Crippen LogP contribution in [0.15, 0.2) is 77.3 Å². The number of anilines is 1. The molecule has 0 fully saturated rings. The first-order chi connectivity index (χ1) is 16.3. The Morgan fingerprint density at radius 1 is 0.882 bits per heavy atom. The smallest absolute Gasteiger partial charge is 0.328 e. The van der Waals surface area contributed by atoms with Crippen LogP contribution >= 0.6 is 15.9 Å². The molecule has 3 N–H and O–H groups in total. The Bertz CT molecular complexity index is 1400. The minimum Gasteiger partial charge on any atom is -0.344 e. The van der Waals surface area contributed by atoms with Gasteiger partial charge in [-0.15, -0.1) is 0 Å². The van der Waals surface area contributed by atoms with E-state index in [0.717, 1.165) is 26.5 Å². The third kappa shape index (κ3) is 5.18. The predicted octanol–water partition coefficient (Wildman–Crippen LogP) is 4.66. The lowest BCUT2D eigenvalue weighted by Gasteiger charge is -2.14. The van der Waals surface area contributed by atoms with Crippen LogP contribution in [0.5, 0.6) is 0 Å². The molecule has 172 valence electrons. The van der Waals surface area contributed by atoms with Gasteiger partial charge in [0, 0.05) is 22.1 Å². The summed E-state index contributed by atoms with van der Waals surface area (Å²) in [4.78, 5) is 38.3. The van der Waals surface area contributed by atoms with Gasteiger partial charge in [0.2, 0.25) is 0 Å². The topological polar surface area (TPSA) is 92.2 Å². The number of benzene rings is 3. The van der Waals surface area contributed by atoms with E-state index in [4.69, 9.17) is 0 Å². The summed E-state index contributed by atoms with van der Waals surface area (Å²) in [6, 6.07) is 22.1. The molecule has 0 aliphatic heterocycles. The Kier molecular flexibility index (Phi) is 6.79. The van der Waals surface area contributed by atoms with Crippen LogP contribution in [0.4, 0.5) is 5.69 Å². The first-order valence-corrected chi connectivity index (χ1v) is 11.4. The molecule has 4 aromatic rings. The third-order valence-corrected chi connectivity index (χ3v) is 5.84. The minimum absolute atomic E-state index is 0.192. The summed E-state index contributed by atoms with van der Waals surface area (Å²) >= 11 is 3.43. The van der Waals surface area contributed by atoms with E-state index >= 15 is 0 Å². The quantitative estimate of drug-likeness (QED) is 0.335. The zero-order valence-corrected chi connectivity index (χ0v) is 20.3. The molecule has 0 saturated heterocycles. The molecule has 0 atom stereocenters. The van der Waals surface area contributed by atoms with Crippen molar-refractivity contribution >= 4 is 50.2 Å². The molecule has 0 bridgehead atoms. The largest absolute Gasteiger partial charge is 0.344 e. The van der Waals surface area contributed by atoms with E-state index in [9.17, 15) is 14.4 Å². The maximum atomic E-state index is 13.2. The van der Waals surface area contributed by atoms with Crippen LogP contribution in [0.3, 0.4) is 0 Å². The van der Waals surface area contributed by atoms with Crippen LogP contribution in [0.1, 0.15) is 27.2 Å². The Morgan fingerprint density at radius 2 is 1.65 bits per heavy atom. The van der Waals surface area contributed by atoms with Gasteiger partial charge in [-0.3, -0.25) is 19.8 Å². The average Bonchev–Trinajstić information content (AvgIpc) is 3.17. The van der Waals surface area contributed by atoms with Crippen LogP contribution in [-0.2, 0) is 16.1 Å². The van der Waals surface area contributed by atoms with Crippen molar-refractivity contribution in [2.75, 3.05) is 10.7 Å². The van der Waals surface area contributed by atoms with Gasteiger partial charge in [0.15, 0.2) is 0 Å². The monoisotopic (exact) mass is 518 g/mol. The number of nitrogens with one attached hydrogen (secondary N) is 3. The molecule has 0 unspecified atom stereocenters. The lowest BCUT2D eigenvalue weighted by molar-refractivity contribution is -0.136. The fraction of sp³-hybridized carbons (Fsp3) is 0.115. The van der Waals surface area contributed by atoms with Gasteiger partial charge in [-0.2, -0.15) is 0 Å². The third-order valence-electron chi connectivity index (χ3n) is 5.34. The number of aryl methyl sites for hydroxylation is 2. The average molecular weight is 519 g/mol. The summed E-state index contributed by atoms with van der Waals surface area (Å²) in [5.74, 6) is -2.09. The molecule has 0 saturated carbocycles. The molecule has 34 heavy (non-hydrogen) atoms. The summed E-state index contributed by atoms with van der Waals surface area (Å²) in [7, 11) is 0. The Hall–Kier alpha value is -3.91. The van der Waals surface area contributed by atoms with Gasteiger partial charge in [0.1, 0.15) is 5.69 Å².